The molecule has 0 aliphatic heterocycles. The molecule has 2 heteroatoms. The van der Waals surface area contributed by atoms with Gasteiger partial charge in [0, 0.05) is 18.3 Å². The van der Waals surface area contributed by atoms with Gasteiger partial charge in [-0.2, -0.15) is 0 Å². The molecule has 0 N–H and O–H groups in total. The summed E-state index contributed by atoms with van der Waals surface area (Å²) >= 11 is 0. The summed E-state index contributed by atoms with van der Waals surface area (Å²) in [5.74, 6) is 1.39. The highest BCUT2D eigenvalue weighted by atomic mass is 16.1. The van der Waals surface area contributed by atoms with Crippen molar-refractivity contribution in [2.24, 2.45) is 16.7 Å². The van der Waals surface area contributed by atoms with E-state index in [1.165, 1.54) is 24.8 Å². The first kappa shape index (κ1) is 19.3. The summed E-state index contributed by atoms with van der Waals surface area (Å²) < 4.78 is 0. The molecule has 4 aliphatic carbocycles. The smallest absolute Gasteiger partial charge is 0.155 e. The van der Waals surface area contributed by atoms with Crippen LogP contribution in [0.3, 0.4) is 0 Å². The van der Waals surface area contributed by atoms with Crippen molar-refractivity contribution < 1.29 is 9.59 Å². The van der Waals surface area contributed by atoms with Crippen LogP contribution in [0, 0.1) is 16.7 Å². The first-order valence-corrected chi connectivity index (χ1v) is 10.4. The van der Waals surface area contributed by atoms with Crippen LogP contribution in [0.2, 0.25) is 0 Å². The van der Waals surface area contributed by atoms with Crippen molar-refractivity contribution in [3.8, 4) is 0 Å². The van der Waals surface area contributed by atoms with Crippen molar-refractivity contribution in [3.63, 3.8) is 0 Å². The Bertz CT molecular complexity index is 720. The van der Waals surface area contributed by atoms with Crippen molar-refractivity contribution >= 4 is 11.6 Å². The minimum atomic E-state index is 0.190. The lowest BCUT2D eigenvalue weighted by Crippen LogP contribution is -2.37. The van der Waals surface area contributed by atoms with Gasteiger partial charge in [-0.25, -0.2) is 0 Å². The Morgan fingerprint density at radius 2 is 1.85 bits per heavy atom. The van der Waals surface area contributed by atoms with Gasteiger partial charge in [-0.3, -0.25) is 4.79 Å². The fourth-order valence-electron chi connectivity index (χ4n) is 5.41. The summed E-state index contributed by atoms with van der Waals surface area (Å²) in [5, 5.41) is 0. The molecule has 3 unspecified atom stereocenters. The van der Waals surface area contributed by atoms with Crippen LogP contribution in [0.5, 0.6) is 0 Å². The molecule has 0 fully saturated rings. The number of rotatable bonds is 1. The summed E-state index contributed by atoms with van der Waals surface area (Å²) in [5.41, 5.74) is 7.07. The van der Waals surface area contributed by atoms with E-state index in [1.807, 2.05) is 13.0 Å². The molecule has 142 valence electrons. The van der Waals surface area contributed by atoms with Gasteiger partial charge in [0.15, 0.2) is 5.78 Å². The van der Waals surface area contributed by atoms with Crippen molar-refractivity contribution in [1.82, 2.24) is 0 Å². The topological polar surface area (TPSA) is 34.1 Å². The fourth-order valence-corrected chi connectivity index (χ4v) is 5.41. The van der Waals surface area contributed by atoms with Gasteiger partial charge in [0.25, 0.3) is 0 Å². The van der Waals surface area contributed by atoms with Gasteiger partial charge in [0.05, 0.1) is 0 Å². The van der Waals surface area contributed by atoms with E-state index < -0.39 is 0 Å². The number of ketones is 2. The number of Topliss-reactive ketones (excluding diaryl/α,β-unsaturated/α-hetero) is 1. The molecule has 0 saturated heterocycles. The zero-order chi connectivity index (χ0) is 19.1. The molecule has 26 heavy (non-hydrogen) atoms. The van der Waals surface area contributed by atoms with E-state index in [2.05, 4.69) is 26.8 Å². The number of fused-ring (bicyclic) bond motifs is 4. The molecule has 0 aromatic carbocycles. The van der Waals surface area contributed by atoms with Crippen LogP contribution in [-0.4, -0.2) is 11.6 Å². The number of hydrogen-bond acceptors (Lipinski definition) is 2. The Labute approximate surface area is 158 Å². The predicted octanol–water partition coefficient (Wildman–Crippen LogP) is 6.12. The number of carbonyl (C=O) groups excluding carboxylic acids is 2. The molecule has 0 radical (unpaired) electrons. The van der Waals surface area contributed by atoms with Gasteiger partial charge in [-0.05, 0) is 74.0 Å². The molecule has 0 saturated carbocycles. The van der Waals surface area contributed by atoms with Crippen LogP contribution in [0.15, 0.2) is 34.4 Å². The quantitative estimate of drug-likeness (QED) is 0.568. The Morgan fingerprint density at radius 3 is 2.50 bits per heavy atom. The standard InChI is InChI=1S/C20H26O.C4H8O/c1-13-4-7-17-16-6-5-14-12-15(21)8-10-20(14,3)18(16)9-11-19(13,17)2;1-3-4(2)5/h7,12-13H,4-6,8-11H2,1-3H3;3H2,1-2H3. The van der Waals surface area contributed by atoms with Crippen LogP contribution in [0.25, 0.3) is 0 Å². The summed E-state index contributed by atoms with van der Waals surface area (Å²) in [7, 11) is 0. The molecule has 0 spiro atoms. The minimum Gasteiger partial charge on any atom is -0.300 e. The lowest BCUT2D eigenvalue weighted by atomic mass is 9.55. The number of allylic oxidation sites excluding steroid dienone is 6. The van der Waals surface area contributed by atoms with Crippen molar-refractivity contribution in [1.29, 1.82) is 0 Å². The van der Waals surface area contributed by atoms with E-state index in [0.717, 1.165) is 31.6 Å². The van der Waals surface area contributed by atoms with Gasteiger partial charge in [-0.1, -0.05) is 44.9 Å². The van der Waals surface area contributed by atoms with E-state index in [9.17, 15) is 9.59 Å². The Kier molecular flexibility index (Phi) is 5.16. The average Bonchev–Trinajstić information content (AvgIpc) is 2.91. The van der Waals surface area contributed by atoms with Crippen LogP contribution in [-0.2, 0) is 9.59 Å². The molecule has 0 heterocycles. The zero-order valence-corrected chi connectivity index (χ0v) is 17.2. The van der Waals surface area contributed by atoms with Crippen LogP contribution in [0.1, 0.15) is 86.0 Å². The van der Waals surface area contributed by atoms with Crippen LogP contribution in [0.4, 0.5) is 0 Å². The van der Waals surface area contributed by atoms with E-state index in [-0.39, 0.29) is 11.2 Å². The van der Waals surface area contributed by atoms with E-state index >= 15 is 0 Å². The SMILES string of the molecule is CC1CC=C2C3=C(CCC21C)C1(C)CCC(=O)C=C1CC3.CCC(C)=O. The second-order valence-electron chi connectivity index (χ2n) is 9.15. The highest BCUT2D eigenvalue weighted by molar-refractivity contribution is 5.92. The maximum atomic E-state index is 11.8. The van der Waals surface area contributed by atoms with Crippen molar-refractivity contribution in [2.75, 3.05) is 0 Å². The van der Waals surface area contributed by atoms with Gasteiger partial charge >= 0.3 is 0 Å². The zero-order valence-electron chi connectivity index (χ0n) is 17.2. The monoisotopic (exact) mass is 354 g/mol. The van der Waals surface area contributed by atoms with Gasteiger partial charge in [0.1, 0.15) is 5.78 Å². The normalized spacial score (nSPS) is 35.4. The molecular weight excluding hydrogens is 320 g/mol. The largest absolute Gasteiger partial charge is 0.300 e. The molecule has 4 aliphatic rings. The van der Waals surface area contributed by atoms with Gasteiger partial charge < -0.3 is 4.79 Å². The van der Waals surface area contributed by atoms with Crippen LogP contribution >= 0.6 is 0 Å². The summed E-state index contributed by atoms with van der Waals surface area (Å²) in [6.07, 6.45) is 13.0. The average molecular weight is 355 g/mol. The molecule has 3 atom stereocenters. The third-order valence-corrected chi connectivity index (χ3v) is 7.69. The molecule has 0 bridgehead atoms. The predicted molar refractivity (Wildman–Crippen MR) is 107 cm³/mol. The highest BCUT2D eigenvalue weighted by Gasteiger charge is 2.49. The fraction of sp³-hybridized carbons (Fsp3) is 0.667. The van der Waals surface area contributed by atoms with E-state index in [4.69, 9.17) is 0 Å². The highest BCUT2D eigenvalue weighted by Crippen LogP contribution is 2.61. The second-order valence-corrected chi connectivity index (χ2v) is 9.15. The first-order chi connectivity index (χ1) is 12.2. The Hall–Kier alpha value is -1.44. The van der Waals surface area contributed by atoms with Crippen LogP contribution < -0.4 is 0 Å². The van der Waals surface area contributed by atoms with E-state index in [0.29, 0.717) is 17.6 Å². The molecule has 0 aromatic heterocycles. The third kappa shape index (κ3) is 3.06. The summed E-state index contributed by atoms with van der Waals surface area (Å²) in [6, 6.07) is 0. The molecular formula is C24H34O2. The number of carbonyl (C=O) groups is 2. The van der Waals surface area contributed by atoms with Crippen molar-refractivity contribution in [3.05, 3.63) is 34.4 Å². The molecule has 2 nitrogen and oxygen atoms in total. The maximum absolute atomic E-state index is 11.8. The lowest BCUT2D eigenvalue weighted by molar-refractivity contribution is -0.117. The van der Waals surface area contributed by atoms with E-state index in [1.54, 1.807) is 23.6 Å². The lowest BCUT2D eigenvalue weighted by Gasteiger charge is -2.49. The third-order valence-electron chi connectivity index (χ3n) is 7.69. The summed E-state index contributed by atoms with van der Waals surface area (Å²) in [4.78, 5) is 21.6. The minimum absolute atomic E-state index is 0.190. The Balaban J connectivity index is 0.000000349. The second kappa shape index (κ2) is 6.94. The first-order valence-electron chi connectivity index (χ1n) is 10.4. The maximum Gasteiger partial charge on any atom is 0.155 e. The number of hydrogen-bond donors (Lipinski definition) is 0. The summed E-state index contributed by atoms with van der Waals surface area (Å²) in [6.45, 7) is 10.7. The van der Waals surface area contributed by atoms with Crippen molar-refractivity contribution in [2.45, 2.75) is 86.0 Å². The van der Waals surface area contributed by atoms with Gasteiger partial charge in [0.2, 0.25) is 0 Å². The Morgan fingerprint density at radius 1 is 1.15 bits per heavy atom. The molecule has 0 aromatic rings. The van der Waals surface area contributed by atoms with Gasteiger partial charge in [-0.15, -0.1) is 0 Å². The molecule has 0 amide bonds. The molecule has 4 rings (SSSR count).